The summed E-state index contributed by atoms with van der Waals surface area (Å²) < 4.78 is 5.93. The first-order valence-electron chi connectivity index (χ1n) is 10.7. The monoisotopic (exact) mass is 516 g/mol. The number of anilines is 1. The zero-order valence-corrected chi connectivity index (χ0v) is 20.2. The Morgan fingerprint density at radius 1 is 0.972 bits per heavy atom. The van der Waals surface area contributed by atoms with Crippen LogP contribution in [0.25, 0.3) is 16.8 Å². The molecule has 0 fully saturated rings. The summed E-state index contributed by atoms with van der Waals surface area (Å²) in [4.78, 5) is 23.7. The number of nitrogens with zero attached hydrogens (tertiary/aromatic N) is 1. The number of nitriles is 1. The first kappa shape index (κ1) is 24.8. The molecule has 178 valence electrons. The van der Waals surface area contributed by atoms with Gasteiger partial charge in [0.1, 0.15) is 18.2 Å². The highest BCUT2D eigenvalue weighted by Crippen LogP contribution is 2.36. The Hall–Kier alpha value is -4.31. The zero-order chi connectivity index (χ0) is 25.7. The van der Waals surface area contributed by atoms with E-state index in [1.54, 1.807) is 12.1 Å². The Labute approximate surface area is 217 Å². The van der Waals surface area contributed by atoms with Crippen LogP contribution >= 0.6 is 23.2 Å². The number of rotatable bonds is 7. The van der Waals surface area contributed by atoms with E-state index in [0.717, 1.165) is 16.3 Å². The molecule has 4 aromatic rings. The van der Waals surface area contributed by atoms with E-state index in [0.29, 0.717) is 5.56 Å². The fraction of sp³-hybridized carbons (Fsp3) is 0.0357. The minimum Gasteiger partial charge on any atom is -0.486 e. The molecule has 4 rings (SSSR count). The molecule has 0 aliphatic rings. The maximum atomic E-state index is 12.6. The third-order valence-electron chi connectivity index (χ3n) is 5.32. The van der Waals surface area contributed by atoms with Gasteiger partial charge < -0.3 is 15.2 Å². The van der Waals surface area contributed by atoms with Gasteiger partial charge in [-0.1, -0.05) is 71.7 Å². The predicted molar refractivity (Wildman–Crippen MR) is 140 cm³/mol. The van der Waals surface area contributed by atoms with E-state index in [-0.39, 0.29) is 39.2 Å². The number of hydrogen-bond donors (Lipinski definition) is 2. The smallest absolute Gasteiger partial charge is 0.335 e. The van der Waals surface area contributed by atoms with Gasteiger partial charge in [-0.05, 0) is 58.3 Å². The molecule has 0 atom stereocenters. The van der Waals surface area contributed by atoms with Gasteiger partial charge >= 0.3 is 5.97 Å². The molecule has 0 aliphatic heterocycles. The largest absolute Gasteiger partial charge is 0.486 e. The molecule has 0 aliphatic carbocycles. The topological polar surface area (TPSA) is 99.4 Å². The maximum absolute atomic E-state index is 12.6. The second-order valence-electron chi connectivity index (χ2n) is 7.75. The summed E-state index contributed by atoms with van der Waals surface area (Å²) in [5, 5.41) is 23.7. The lowest BCUT2D eigenvalue weighted by Crippen LogP contribution is -2.14. The standard InChI is InChI=1S/C28H18Cl2N2O4/c29-24-12-17(11-21(15-31)27(33)32-22-9-4-7-19(14-22)28(34)35)13-25(30)26(24)36-16-20-8-3-6-18-5-1-2-10-23(18)20/h1-14H,16H2,(H,32,33)(H,34,35)/b21-11-. The predicted octanol–water partition coefficient (Wildman–Crippen LogP) is 6.97. The second kappa shape index (κ2) is 11.0. The summed E-state index contributed by atoms with van der Waals surface area (Å²) in [7, 11) is 0. The number of aromatic carboxylic acids is 1. The van der Waals surface area contributed by atoms with Gasteiger partial charge in [0.15, 0.2) is 5.75 Å². The fourth-order valence-corrected chi connectivity index (χ4v) is 4.23. The van der Waals surface area contributed by atoms with Gasteiger partial charge in [0.05, 0.1) is 15.6 Å². The number of benzene rings is 4. The lowest BCUT2D eigenvalue weighted by molar-refractivity contribution is -0.112. The van der Waals surface area contributed by atoms with Crippen LogP contribution in [-0.4, -0.2) is 17.0 Å². The molecule has 0 aromatic heterocycles. The van der Waals surface area contributed by atoms with Crippen LogP contribution in [0.1, 0.15) is 21.5 Å². The lowest BCUT2D eigenvalue weighted by Gasteiger charge is -2.13. The molecule has 36 heavy (non-hydrogen) atoms. The highest BCUT2D eigenvalue weighted by Gasteiger charge is 2.14. The number of carbonyl (C=O) groups excluding carboxylic acids is 1. The van der Waals surface area contributed by atoms with Crippen LogP contribution in [0.2, 0.25) is 10.0 Å². The van der Waals surface area contributed by atoms with Crippen molar-refractivity contribution in [3.63, 3.8) is 0 Å². The van der Waals surface area contributed by atoms with Crippen molar-refractivity contribution in [3.8, 4) is 11.8 Å². The van der Waals surface area contributed by atoms with Crippen molar-refractivity contribution >= 4 is 57.6 Å². The Balaban J connectivity index is 1.53. The molecule has 4 aromatic carbocycles. The van der Waals surface area contributed by atoms with E-state index in [1.165, 1.54) is 30.3 Å². The molecule has 0 radical (unpaired) electrons. The van der Waals surface area contributed by atoms with Crippen LogP contribution < -0.4 is 10.1 Å². The van der Waals surface area contributed by atoms with Crippen molar-refractivity contribution in [1.29, 1.82) is 5.26 Å². The number of carbonyl (C=O) groups is 2. The summed E-state index contributed by atoms with van der Waals surface area (Å²) in [6.45, 7) is 0.247. The molecule has 0 bridgehead atoms. The van der Waals surface area contributed by atoms with Crippen molar-refractivity contribution in [2.45, 2.75) is 6.61 Å². The van der Waals surface area contributed by atoms with Crippen LogP contribution in [0, 0.1) is 11.3 Å². The minimum absolute atomic E-state index is 0.00735. The van der Waals surface area contributed by atoms with E-state index >= 15 is 0 Å². The van der Waals surface area contributed by atoms with E-state index < -0.39 is 11.9 Å². The van der Waals surface area contributed by atoms with Crippen LogP contribution in [-0.2, 0) is 11.4 Å². The van der Waals surface area contributed by atoms with Crippen molar-refractivity contribution in [1.82, 2.24) is 0 Å². The van der Waals surface area contributed by atoms with Gasteiger partial charge in [-0.15, -0.1) is 0 Å². The highest BCUT2D eigenvalue weighted by atomic mass is 35.5. The average molecular weight is 517 g/mol. The molecule has 0 saturated carbocycles. The molecule has 1 amide bonds. The number of nitrogens with one attached hydrogen (secondary N) is 1. The quantitative estimate of drug-likeness (QED) is 0.204. The third-order valence-corrected chi connectivity index (χ3v) is 5.88. The lowest BCUT2D eigenvalue weighted by atomic mass is 10.1. The summed E-state index contributed by atoms with van der Waals surface area (Å²) in [5.74, 6) is -1.55. The summed E-state index contributed by atoms with van der Waals surface area (Å²) in [6.07, 6.45) is 1.34. The zero-order valence-electron chi connectivity index (χ0n) is 18.7. The van der Waals surface area contributed by atoms with Crippen molar-refractivity contribution < 1.29 is 19.4 Å². The Bertz CT molecular complexity index is 1530. The first-order valence-corrected chi connectivity index (χ1v) is 11.5. The fourth-order valence-electron chi connectivity index (χ4n) is 3.61. The average Bonchev–Trinajstić information content (AvgIpc) is 2.87. The van der Waals surface area contributed by atoms with Gasteiger partial charge in [0, 0.05) is 5.69 Å². The Kier molecular flexibility index (Phi) is 7.55. The Morgan fingerprint density at radius 3 is 2.39 bits per heavy atom. The summed E-state index contributed by atoms with van der Waals surface area (Å²) >= 11 is 12.8. The number of fused-ring (bicyclic) bond motifs is 1. The summed E-state index contributed by atoms with van der Waals surface area (Å²) in [6, 6.07) is 24.5. The number of amides is 1. The SMILES string of the molecule is N#C/C(=C/c1cc(Cl)c(OCc2cccc3ccccc23)c(Cl)c1)C(=O)Nc1cccc(C(=O)O)c1. The maximum Gasteiger partial charge on any atom is 0.335 e. The van der Waals surface area contributed by atoms with Gasteiger partial charge in [0.2, 0.25) is 0 Å². The molecular weight excluding hydrogens is 499 g/mol. The van der Waals surface area contributed by atoms with Crippen LogP contribution in [0.4, 0.5) is 5.69 Å². The van der Waals surface area contributed by atoms with E-state index in [9.17, 15) is 14.9 Å². The van der Waals surface area contributed by atoms with Crippen molar-refractivity contribution in [2.24, 2.45) is 0 Å². The van der Waals surface area contributed by atoms with Crippen molar-refractivity contribution in [2.75, 3.05) is 5.32 Å². The number of hydrogen-bond acceptors (Lipinski definition) is 4. The Morgan fingerprint density at radius 2 is 1.67 bits per heavy atom. The molecule has 0 saturated heterocycles. The van der Waals surface area contributed by atoms with Gasteiger partial charge in [-0.3, -0.25) is 4.79 Å². The van der Waals surface area contributed by atoms with Gasteiger partial charge in [0.25, 0.3) is 5.91 Å². The summed E-state index contributed by atoms with van der Waals surface area (Å²) in [5.41, 5.74) is 1.43. The minimum atomic E-state index is -1.13. The molecule has 6 nitrogen and oxygen atoms in total. The van der Waals surface area contributed by atoms with E-state index in [4.69, 9.17) is 33.0 Å². The molecular formula is C28H18Cl2N2O4. The number of halogens is 2. The number of carboxylic acids is 1. The van der Waals surface area contributed by atoms with Gasteiger partial charge in [-0.25, -0.2) is 4.79 Å². The molecule has 2 N–H and O–H groups in total. The van der Waals surface area contributed by atoms with Crippen molar-refractivity contribution in [3.05, 3.63) is 111 Å². The van der Waals surface area contributed by atoms with E-state index in [1.807, 2.05) is 48.5 Å². The van der Waals surface area contributed by atoms with E-state index in [2.05, 4.69) is 5.32 Å². The number of ether oxygens (including phenoxy) is 1. The normalized spacial score (nSPS) is 11.1. The van der Waals surface area contributed by atoms with Crippen LogP contribution in [0.3, 0.4) is 0 Å². The van der Waals surface area contributed by atoms with Gasteiger partial charge in [-0.2, -0.15) is 5.26 Å². The molecule has 0 spiro atoms. The molecule has 8 heteroatoms. The van der Waals surface area contributed by atoms with Crippen LogP contribution in [0.15, 0.2) is 84.4 Å². The van der Waals surface area contributed by atoms with Crippen LogP contribution in [0.5, 0.6) is 5.75 Å². The third kappa shape index (κ3) is 5.66. The number of carboxylic acid groups (broad SMARTS) is 1. The highest BCUT2D eigenvalue weighted by molar-refractivity contribution is 6.37. The molecule has 0 heterocycles. The first-order chi connectivity index (χ1) is 17.4. The second-order valence-corrected chi connectivity index (χ2v) is 8.56. The molecule has 0 unspecified atom stereocenters.